The molecule has 0 fully saturated rings. The number of nitrogens with zero attached hydrogens (tertiary/aromatic N) is 1. The van der Waals surface area contributed by atoms with Crippen molar-refractivity contribution in [3.05, 3.63) is 76.5 Å². The number of aryl methyl sites for hydroxylation is 2. The van der Waals surface area contributed by atoms with Crippen molar-refractivity contribution in [3.8, 4) is 0 Å². The molecule has 0 spiro atoms. The normalized spacial score (nSPS) is 10.4. The third kappa shape index (κ3) is 4.07. The van der Waals surface area contributed by atoms with E-state index in [1.54, 1.807) is 49.4 Å². The van der Waals surface area contributed by atoms with E-state index in [1.807, 2.05) is 13.0 Å². The number of nitrogens with one attached hydrogen (secondary N) is 2. The van der Waals surface area contributed by atoms with Gasteiger partial charge in [0.05, 0.1) is 11.3 Å². The number of carbonyl (C=O) groups is 3. The molecule has 0 saturated carbocycles. The Bertz CT molecular complexity index is 1060. The molecular weight excluding hydrogens is 376 g/mol. The average Bonchev–Trinajstić information content (AvgIpc) is 3.04. The van der Waals surface area contributed by atoms with Gasteiger partial charge in [-0.25, -0.2) is 0 Å². The average molecular weight is 394 g/mol. The molecule has 0 unspecified atom stereocenters. The van der Waals surface area contributed by atoms with Crippen LogP contribution in [-0.4, -0.2) is 22.1 Å². The Morgan fingerprint density at radius 1 is 0.929 bits per heavy atom. The molecule has 142 valence electrons. The second kappa shape index (κ2) is 8.01. The molecule has 0 radical (unpaired) electrons. The molecule has 0 aliphatic carbocycles. The Labute approximate surface area is 165 Å². The number of amides is 3. The van der Waals surface area contributed by atoms with Gasteiger partial charge in [-0.1, -0.05) is 24.3 Å². The van der Waals surface area contributed by atoms with E-state index in [4.69, 9.17) is 5.73 Å². The predicted octanol–water partition coefficient (Wildman–Crippen LogP) is 3.36. The highest BCUT2D eigenvalue weighted by Crippen LogP contribution is 2.25. The zero-order chi connectivity index (χ0) is 20.3. The van der Waals surface area contributed by atoms with E-state index in [-0.39, 0.29) is 11.5 Å². The molecular formula is C20H18N4O3S. The van der Waals surface area contributed by atoms with Crippen LogP contribution in [0.3, 0.4) is 0 Å². The van der Waals surface area contributed by atoms with Gasteiger partial charge >= 0.3 is 0 Å². The number of nitrogens with two attached hydrogens (primary N) is 1. The summed E-state index contributed by atoms with van der Waals surface area (Å²) < 4.78 is 4.06. The summed E-state index contributed by atoms with van der Waals surface area (Å²) in [4.78, 5) is 36.6. The van der Waals surface area contributed by atoms with E-state index in [0.29, 0.717) is 27.5 Å². The van der Waals surface area contributed by atoms with Crippen LogP contribution in [0.25, 0.3) is 0 Å². The number of hydrogen-bond donors (Lipinski definition) is 3. The maximum atomic E-state index is 12.6. The number of anilines is 2. The molecule has 3 aromatic rings. The Morgan fingerprint density at radius 2 is 1.61 bits per heavy atom. The number of aromatic nitrogens is 1. The maximum absolute atomic E-state index is 12.6. The van der Waals surface area contributed by atoms with Crippen LogP contribution in [0.4, 0.5) is 10.7 Å². The fourth-order valence-corrected chi connectivity index (χ4v) is 3.40. The van der Waals surface area contributed by atoms with Gasteiger partial charge in [0.1, 0.15) is 5.00 Å². The highest BCUT2D eigenvalue weighted by Gasteiger charge is 2.19. The van der Waals surface area contributed by atoms with E-state index in [9.17, 15) is 14.4 Å². The van der Waals surface area contributed by atoms with Gasteiger partial charge in [0.25, 0.3) is 17.7 Å². The molecule has 0 saturated heterocycles. The minimum atomic E-state index is -0.652. The van der Waals surface area contributed by atoms with E-state index in [0.717, 1.165) is 17.1 Å². The van der Waals surface area contributed by atoms with Gasteiger partial charge < -0.3 is 16.4 Å². The zero-order valence-corrected chi connectivity index (χ0v) is 16.1. The van der Waals surface area contributed by atoms with Crippen LogP contribution in [-0.2, 0) is 0 Å². The highest BCUT2D eigenvalue weighted by atomic mass is 32.1. The summed E-state index contributed by atoms with van der Waals surface area (Å²) in [5.74, 6) is -1.35. The lowest BCUT2D eigenvalue weighted by atomic mass is 10.1. The molecule has 0 aliphatic heterocycles. The Balaban J connectivity index is 1.82. The molecule has 4 N–H and O–H groups in total. The first kappa shape index (κ1) is 19.2. The second-order valence-corrected chi connectivity index (χ2v) is 6.91. The van der Waals surface area contributed by atoms with E-state index >= 15 is 0 Å². The molecule has 0 atom stereocenters. The maximum Gasteiger partial charge on any atom is 0.256 e. The minimum Gasteiger partial charge on any atom is -0.365 e. The third-order valence-corrected chi connectivity index (χ3v) is 4.97. The van der Waals surface area contributed by atoms with Crippen molar-refractivity contribution in [2.45, 2.75) is 13.8 Å². The highest BCUT2D eigenvalue weighted by molar-refractivity contribution is 7.11. The second-order valence-electron chi connectivity index (χ2n) is 6.14. The van der Waals surface area contributed by atoms with Crippen LogP contribution < -0.4 is 16.4 Å². The van der Waals surface area contributed by atoms with Crippen molar-refractivity contribution in [3.63, 3.8) is 0 Å². The molecule has 8 heteroatoms. The van der Waals surface area contributed by atoms with Crippen LogP contribution in [0.15, 0.2) is 48.5 Å². The van der Waals surface area contributed by atoms with Crippen molar-refractivity contribution in [2.75, 3.05) is 10.6 Å². The first-order valence-electron chi connectivity index (χ1n) is 8.41. The first-order valence-corrected chi connectivity index (χ1v) is 9.18. The lowest BCUT2D eigenvalue weighted by Crippen LogP contribution is -2.18. The molecule has 28 heavy (non-hydrogen) atoms. The largest absolute Gasteiger partial charge is 0.365 e. The monoisotopic (exact) mass is 394 g/mol. The predicted molar refractivity (Wildman–Crippen MR) is 109 cm³/mol. The Hall–Kier alpha value is -3.52. The first-order chi connectivity index (χ1) is 13.4. The minimum absolute atomic E-state index is 0.197. The van der Waals surface area contributed by atoms with Crippen molar-refractivity contribution >= 4 is 39.9 Å². The van der Waals surface area contributed by atoms with Crippen LogP contribution in [0, 0.1) is 13.8 Å². The standard InChI is InChI=1S/C20H18N4O3S/c1-11-8-9-14(10-15(11)22-18(26)13-6-4-3-5-7-13)19(27)23-20-16(17(21)25)12(2)24-28-20/h3-10H,1-2H3,(H2,21,25)(H,22,26)(H,23,27). The van der Waals surface area contributed by atoms with Gasteiger partial charge in [0.2, 0.25) is 0 Å². The molecule has 3 rings (SSSR count). The van der Waals surface area contributed by atoms with Crippen molar-refractivity contribution in [1.29, 1.82) is 0 Å². The quantitative estimate of drug-likeness (QED) is 0.615. The molecule has 3 amide bonds. The number of hydrogen-bond acceptors (Lipinski definition) is 5. The molecule has 7 nitrogen and oxygen atoms in total. The summed E-state index contributed by atoms with van der Waals surface area (Å²) in [5.41, 5.74) is 8.20. The fourth-order valence-electron chi connectivity index (χ4n) is 2.60. The molecule has 1 heterocycles. The lowest BCUT2D eigenvalue weighted by molar-refractivity contribution is 0.0997. The van der Waals surface area contributed by atoms with E-state index < -0.39 is 11.8 Å². The Morgan fingerprint density at radius 3 is 2.29 bits per heavy atom. The molecule has 2 aromatic carbocycles. The summed E-state index contributed by atoms with van der Waals surface area (Å²) in [7, 11) is 0. The van der Waals surface area contributed by atoms with E-state index in [2.05, 4.69) is 15.0 Å². The van der Waals surface area contributed by atoms with Gasteiger partial charge in [-0.05, 0) is 55.2 Å². The summed E-state index contributed by atoms with van der Waals surface area (Å²) in [5, 5.41) is 5.78. The number of rotatable bonds is 5. The van der Waals surface area contributed by atoms with Crippen LogP contribution in [0.1, 0.15) is 42.3 Å². The molecule has 1 aromatic heterocycles. The molecule has 0 aliphatic rings. The topological polar surface area (TPSA) is 114 Å². The van der Waals surface area contributed by atoms with Gasteiger partial charge in [-0.3, -0.25) is 14.4 Å². The van der Waals surface area contributed by atoms with Gasteiger partial charge in [0.15, 0.2) is 0 Å². The van der Waals surface area contributed by atoms with Crippen molar-refractivity contribution < 1.29 is 14.4 Å². The lowest BCUT2D eigenvalue weighted by Gasteiger charge is -2.11. The van der Waals surface area contributed by atoms with Crippen LogP contribution in [0.2, 0.25) is 0 Å². The van der Waals surface area contributed by atoms with Crippen molar-refractivity contribution in [2.24, 2.45) is 5.73 Å². The van der Waals surface area contributed by atoms with Crippen LogP contribution in [0.5, 0.6) is 0 Å². The summed E-state index contributed by atoms with van der Waals surface area (Å²) in [6, 6.07) is 13.8. The summed E-state index contributed by atoms with van der Waals surface area (Å²) >= 11 is 0.990. The van der Waals surface area contributed by atoms with Crippen LogP contribution >= 0.6 is 11.5 Å². The third-order valence-electron chi connectivity index (χ3n) is 4.12. The zero-order valence-electron chi connectivity index (χ0n) is 15.3. The number of benzene rings is 2. The van der Waals surface area contributed by atoms with Gasteiger partial charge in [0, 0.05) is 16.8 Å². The smallest absolute Gasteiger partial charge is 0.256 e. The molecule has 0 bridgehead atoms. The van der Waals surface area contributed by atoms with Crippen molar-refractivity contribution in [1.82, 2.24) is 4.37 Å². The van der Waals surface area contributed by atoms with Gasteiger partial charge in [-0.15, -0.1) is 0 Å². The summed E-state index contributed by atoms with van der Waals surface area (Å²) in [6.45, 7) is 3.48. The fraction of sp³-hybridized carbons (Fsp3) is 0.100. The Kier molecular flexibility index (Phi) is 5.51. The summed E-state index contributed by atoms with van der Waals surface area (Å²) in [6.07, 6.45) is 0. The number of primary amides is 1. The van der Waals surface area contributed by atoms with Gasteiger partial charge in [-0.2, -0.15) is 4.37 Å². The van der Waals surface area contributed by atoms with E-state index in [1.165, 1.54) is 0 Å². The SMILES string of the molecule is Cc1ccc(C(=O)Nc2snc(C)c2C(N)=O)cc1NC(=O)c1ccccc1. The number of carbonyl (C=O) groups excluding carboxylic acids is 3.